The highest BCUT2D eigenvalue weighted by Gasteiger charge is 2.34. The van der Waals surface area contributed by atoms with E-state index in [0.717, 1.165) is 0 Å². The first-order chi connectivity index (χ1) is 4.54. The van der Waals surface area contributed by atoms with Gasteiger partial charge in [-0.15, -0.1) is 6.58 Å². The third-order valence-corrected chi connectivity index (χ3v) is 3.24. The van der Waals surface area contributed by atoms with Crippen LogP contribution in [0.4, 0.5) is 0 Å². The minimum Gasteiger partial charge on any atom is -0.228 e. The molecule has 0 spiro atoms. The molecule has 1 aliphatic carbocycles. The van der Waals surface area contributed by atoms with Gasteiger partial charge in [0, 0.05) is 0 Å². The molecule has 0 saturated heterocycles. The summed E-state index contributed by atoms with van der Waals surface area (Å²) in [6, 6.07) is 0. The molecule has 58 valence electrons. The van der Waals surface area contributed by atoms with E-state index in [9.17, 15) is 8.42 Å². The third-order valence-electron chi connectivity index (χ3n) is 1.93. The van der Waals surface area contributed by atoms with Crippen molar-refractivity contribution >= 4 is 10.0 Å². The monoisotopic (exact) mass is 161 g/mol. The molecule has 0 aliphatic heterocycles. The van der Waals surface area contributed by atoms with E-state index in [0.29, 0.717) is 18.8 Å². The van der Waals surface area contributed by atoms with Gasteiger partial charge in [0.1, 0.15) is 0 Å². The number of primary sulfonamides is 1. The van der Waals surface area contributed by atoms with Crippen molar-refractivity contribution in [3.05, 3.63) is 12.7 Å². The largest absolute Gasteiger partial charge is 0.228 e. The van der Waals surface area contributed by atoms with Gasteiger partial charge in [0.25, 0.3) is 0 Å². The second kappa shape index (κ2) is 2.36. The fourth-order valence-electron chi connectivity index (χ4n) is 1.07. The van der Waals surface area contributed by atoms with Crippen LogP contribution in [0.2, 0.25) is 0 Å². The smallest absolute Gasteiger partial charge is 0.212 e. The predicted octanol–water partition coefficient (Wildman–Crippen LogP) is 0.239. The Morgan fingerprint density at radius 1 is 1.50 bits per heavy atom. The van der Waals surface area contributed by atoms with Crippen molar-refractivity contribution in [2.75, 3.05) is 0 Å². The first kappa shape index (κ1) is 7.75. The van der Waals surface area contributed by atoms with Crippen molar-refractivity contribution in [3.63, 3.8) is 0 Å². The van der Waals surface area contributed by atoms with Crippen molar-refractivity contribution in [1.29, 1.82) is 0 Å². The Kier molecular flexibility index (Phi) is 1.83. The predicted molar refractivity (Wildman–Crippen MR) is 39.8 cm³/mol. The molecule has 0 unspecified atom stereocenters. The van der Waals surface area contributed by atoms with Crippen molar-refractivity contribution in [3.8, 4) is 0 Å². The minimum absolute atomic E-state index is 0.310. The Balaban J connectivity index is 2.48. The average molecular weight is 161 g/mol. The summed E-state index contributed by atoms with van der Waals surface area (Å²) in [7, 11) is -3.26. The van der Waals surface area contributed by atoms with Crippen molar-refractivity contribution in [1.82, 2.24) is 0 Å². The van der Waals surface area contributed by atoms with Crippen molar-refractivity contribution < 1.29 is 8.42 Å². The maximum atomic E-state index is 10.6. The van der Waals surface area contributed by atoms with Crippen LogP contribution in [0, 0.1) is 5.92 Å². The Morgan fingerprint density at radius 2 is 2.00 bits per heavy atom. The summed E-state index contributed by atoms with van der Waals surface area (Å²) in [5.41, 5.74) is 0. The van der Waals surface area contributed by atoms with Crippen LogP contribution in [0.25, 0.3) is 0 Å². The molecular formula is C6H11NO2S. The standard InChI is InChI=1S/C6H11NO2S/c1-2-5-3-6(4-5)10(7,8)9/h2,5-6H,1,3-4H2,(H2,7,8,9). The molecule has 3 nitrogen and oxygen atoms in total. The maximum absolute atomic E-state index is 10.6. The molecule has 0 atom stereocenters. The zero-order valence-electron chi connectivity index (χ0n) is 5.66. The van der Waals surface area contributed by atoms with Crippen molar-refractivity contribution in [2.45, 2.75) is 18.1 Å². The van der Waals surface area contributed by atoms with Crippen molar-refractivity contribution in [2.24, 2.45) is 11.1 Å². The van der Waals surface area contributed by atoms with Crippen LogP contribution in [0.3, 0.4) is 0 Å². The van der Waals surface area contributed by atoms with Gasteiger partial charge in [0.2, 0.25) is 10.0 Å². The molecule has 2 N–H and O–H groups in total. The molecule has 4 heteroatoms. The van der Waals surface area contributed by atoms with Crippen LogP contribution in [-0.4, -0.2) is 13.7 Å². The summed E-state index contributed by atoms with van der Waals surface area (Å²) in [6.07, 6.45) is 3.09. The zero-order chi connectivity index (χ0) is 7.78. The van der Waals surface area contributed by atoms with Gasteiger partial charge in [0.05, 0.1) is 5.25 Å². The molecule has 0 radical (unpaired) electrons. The van der Waals surface area contributed by atoms with E-state index in [1.54, 1.807) is 6.08 Å². The van der Waals surface area contributed by atoms with Gasteiger partial charge >= 0.3 is 0 Å². The quantitative estimate of drug-likeness (QED) is 0.590. The van der Waals surface area contributed by atoms with E-state index < -0.39 is 10.0 Å². The molecule has 0 aromatic heterocycles. The van der Waals surface area contributed by atoms with Crippen LogP contribution >= 0.6 is 0 Å². The fraction of sp³-hybridized carbons (Fsp3) is 0.667. The average Bonchev–Trinajstić information content (AvgIpc) is 1.57. The van der Waals surface area contributed by atoms with Gasteiger partial charge in [0.15, 0.2) is 0 Å². The molecule has 1 aliphatic rings. The lowest BCUT2D eigenvalue weighted by Crippen LogP contribution is -2.39. The van der Waals surface area contributed by atoms with Gasteiger partial charge in [-0.05, 0) is 18.8 Å². The second-order valence-electron chi connectivity index (χ2n) is 2.68. The number of hydrogen-bond acceptors (Lipinski definition) is 2. The summed E-state index contributed by atoms with van der Waals surface area (Å²) >= 11 is 0. The molecule has 0 amide bonds. The van der Waals surface area contributed by atoms with E-state index >= 15 is 0 Å². The lowest BCUT2D eigenvalue weighted by molar-refractivity contribution is 0.383. The van der Waals surface area contributed by atoms with Crippen LogP contribution in [-0.2, 0) is 10.0 Å². The summed E-state index contributed by atoms with van der Waals surface area (Å²) in [5.74, 6) is 0.364. The lowest BCUT2D eigenvalue weighted by atomic mass is 9.85. The first-order valence-electron chi connectivity index (χ1n) is 3.18. The summed E-state index contributed by atoms with van der Waals surface area (Å²) in [4.78, 5) is 0. The van der Waals surface area contributed by atoms with E-state index in [2.05, 4.69) is 6.58 Å². The Bertz CT molecular complexity index is 226. The van der Waals surface area contributed by atoms with Gasteiger partial charge in [-0.2, -0.15) is 0 Å². The van der Waals surface area contributed by atoms with Crippen LogP contribution in [0.5, 0.6) is 0 Å². The highest BCUT2D eigenvalue weighted by molar-refractivity contribution is 7.89. The van der Waals surface area contributed by atoms with Gasteiger partial charge in [-0.3, -0.25) is 0 Å². The molecule has 0 bridgehead atoms. The molecule has 10 heavy (non-hydrogen) atoms. The van der Waals surface area contributed by atoms with Crippen LogP contribution in [0.1, 0.15) is 12.8 Å². The molecule has 1 fully saturated rings. The molecule has 0 aromatic rings. The topological polar surface area (TPSA) is 60.2 Å². The third kappa shape index (κ3) is 1.38. The summed E-state index contributed by atoms with van der Waals surface area (Å²) < 4.78 is 21.2. The van der Waals surface area contributed by atoms with E-state index in [1.807, 2.05) is 0 Å². The number of rotatable bonds is 2. The van der Waals surface area contributed by atoms with Crippen LogP contribution in [0.15, 0.2) is 12.7 Å². The molecule has 1 rings (SSSR count). The number of allylic oxidation sites excluding steroid dienone is 1. The van der Waals surface area contributed by atoms with Gasteiger partial charge < -0.3 is 0 Å². The zero-order valence-corrected chi connectivity index (χ0v) is 6.47. The molecule has 0 heterocycles. The number of nitrogens with two attached hydrogens (primary N) is 1. The highest BCUT2D eigenvalue weighted by atomic mass is 32.2. The highest BCUT2D eigenvalue weighted by Crippen LogP contribution is 2.31. The Hall–Kier alpha value is -0.350. The number of sulfonamides is 1. The normalized spacial score (nSPS) is 32.9. The molecule has 1 saturated carbocycles. The van der Waals surface area contributed by atoms with E-state index in [4.69, 9.17) is 5.14 Å². The van der Waals surface area contributed by atoms with Gasteiger partial charge in [-0.1, -0.05) is 6.08 Å². The SMILES string of the molecule is C=CC1CC(S(N)(=O)=O)C1. The summed E-state index contributed by atoms with van der Waals surface area (Å²) in [5, 5.41) is 4.59. The Labute approximate surface area is 61.0 Å². The minimum atomic E-state index is -3.26. The fourth-order valence-corrected chi connectivity index (χ4v) is 2.10. The lowest BCUT2D eigenvalue weighted by Gasteiger charge is -2.30. The number of hydrogen-bond donors (Lipinski definition) is 1. The van der Waals surface area contributed by atoms with E-state index in [-0.39, 0.29) is 5.25 Å². The Morgan fingerprint density at radius 3 is 2.30 bits per heavy atom. The van der Waals surface area contributed by atoms with Gasteiger partial charge in [-0.25, -0.2) is 13.6 Å². The maximum Gasteiger partial charge on any atom is 0.212 e. The summed E-state index contributed by atoms with van der Waals surface area (Å²) in [6.45, 7) is 3.56. The van der Waals surface area contributed by atoms with E-state index in [1.165, 1.54) is 0 Å². The molecule has 0 aromatic carbocycles. The second-order valence-corrected chi connectivity index (χ2v) is 4.52. The first-order valence-corrected chi connectivity index (χ1v) is 4.79. The van der Waals surface area contributed by atoms with Crippen LogP contribution < -0.4 is 5.14 Å². The molecular weight excluding hydrogens is 150 g/mol.